The van der Waals surface area contributed by atoms with Gasteiger partial charge in [-0.2, -0.15) is 0 Å². The molecule has 0 fully saturated rings. The topological polar surface area (TPSA) is 93.0 Å². The summed E-state index contributed by atoms with van der Waals surface area (Å²) in [5.74, 6) is 0. The number of aromatic amines is 1. The van der Waals surface area contributed by atoms with E-state index in [1.807, 2.05) is 0 Å². The summed E-state index contributed by atoms with van der Waals surface area (Å²) in [6.07, 6.45) is 3.59. The minimum Gasteiger partial charge on any atom is -0.397 e. The van der Waals surface area contributed by atoms with Crippen molar-refractivity contribution in [2.75, 3.05) is 30.8 Å². The molecule has 0 bridgehead atoms. The van der Waals surface area contributed by atoms with E-state index in [1.165, 1.54) is 6.33 Å². The summed E-state index contributed by atoms with van der Waals surface area (Å²) in [6, 6.07) is 3.42. The Morgan fingerprint density at radius 2 is 2.25 bits per heavy atom. The fourth-order valence-corrected chi connectivity index (χ4v) is 1.89. The number of hydrogen-bond acceptors (Lipinski definition) is 5. The predicted molar refractivity (Wildman–Crippen MR) is 81.0 cm³/mol. The van der Waals surface area contributed by atoms with E-state index < -0.39 is 0 Å². The number of nitrogens with zero attached hydrogens (tertiary/aromatic N) is 1. The van der Waals surface area contributed by atoms with Crippen LogP contribution in [0.4, 0.5) is 11.4 Å². The second kappa shape index (κ2) is 6.91. The van der Waals surface area contributed by atoms with Gasteiger partial charge in [-0.15, -0.1) is 0 Å². The molecule has 4 N–H and O–H groups in total. The van der Waals surface area contributed by atoms with Gasteiger partial charge in [-0.25, -0.2) is 4.98 Å². The van der Waals surface area contributed by atoms with E-state index in [1.54, 1.807) is 12.1 Å². The Bertz CT molecular complexity index is 624. The third kappa shape index (κ3) is 3.48. The fourth-order valence-electron chi connectivity index (χ4n) is 1.89. The highest BCUT2D eigenvalue weighted by Crippen LogP contribution is 2.22. The van der Waals surface area contributed by atoms with Gasteiger partial charge in [0.1, 0.15) is 0 Å². The molecule has 0 aliphatic rings. The van der Waals surface area contributed by atoms with Gasteiger partial charge >= 0.3 is 0 Å². The van der Waals surface area contributed by atoms with Crippen LogP contribution < -0.4 is 16.6 Å². The number of nitrogen functional groups attached to an aromatic ring is 1. The maximum atomic E-state index is 11.6. The van der Waals surface area contributed by atoms with Crippen molar-refractivity contribution in [3.63, 3.8) is 0 Å². The van der Waals surface area contributed by atoms with Gasteiger partial charge in [0.15, 0.2) is 0 Å². The summed E-state index contributed by atoms with van der Waals surface area (Å²) in [7, 11) is 0. The van der Waals surface area contributed by atoms with Gasteiger partial charge in [0.2, 0.25) is 0 Å². The number of ether oxygens (including phenoxy) is 1. The van der Waals surface area contributed by atoms with E-state index in [4.69, 9.17) is 10.5 Å². The van der Waals surface area contributed by atoms with E-state index in [2.05, 4.69) is 22.2 Å². The maximum absolute atomic E-state index is 11.6. The number of nitrogens with two attached hydrogens (primary N) is 1. The molecule has 1 heterocycles. The van der Waals surface area contributed by atoms with Crippen LogP contribution >= 0.6 is 0 Å². The molecule has 0 saturated heterocycles. The molecule has 6 heteroatoms. The number of unbranched alkanes of at least 4 members (excludes halogenated alkanes) is 1. The number of H-pyrrole nitrogens is 1. The van der Waals surface area contributed by atoms with Crippen LogP contribution in [0.5, 0.6) is 0 Å². The predicted octanol–water partition coefficient (Wildman–Crippen LogP) is 1.73. The van der Waals surface area contributed by atoms with E-state index in [-0.39, 0.29) is 5.56 Å². The van der Waals surface area contributed by atoms with Crippen molar-refractivity contribution < 1.29 is 4.74 Å². The molecule has 0 amide bonds. The first-order valence-corrected chi connectivity index (χ1v) is 6.81. The molecule has 0 spiro atoms. The van der Waals surface area contributed by atoms with Crippen LogP contribution in [0, 0.1) is 0 Å². The molecular weight excluding hydrogens is 256 g/mol. The summed E-state index contributed by atoms with van der Waals surface area (Å²) in [5, 5.41) is 3.69. The molecule has 0 atom stereocenters. The zero-order valence-electron chi connectivity index (χ0n) is 11.6. The fraction of sp³-hybridized carbons (Fsp3) is 0.429. The number of benzene rings is 1. The Kier molecular flexibility index (Phi) is 4.95. The molecule has 108 valence electrons. The number of hydrogen-bond donors (Lipinski definition) is 3. The van der Waals surface area contributed by atoms with Gasteiger partial charge in [0.05, 0.1) is 35.2 Å². The highest BCUT2D eigenvalue weighted by molar-refractivity contribution is 5.88. The lowest BCUT2D eigenvalue weighted by Crippen LogP contribution is -2.12. The third-order valence-corrected chi connectivity index (χ3v) is 3.02. The highest BCUT2D eigenvalue weighted by Gasteiger charge is 2.05. The minimum absolute atomic E-state index is 0.184. The standard InChI is InChI=1S/C14H20N4O2/c1-2-3-5-20-6-4-16-13-8-12-10(7-11(13)15)14(19)18-9-17-12/h7-9,16H,2-6,15H2,1H3,(H,17,18,19). The molecule has 0 radical (unpaired) electrons. The summed E-state index contributed by atoms with van der Waals surface area (Å²) in [4.78, 5) is 18.3. The lowest BCUT2D eigenvalue weighted by molar-refractivity contribution is 0.141. The van der Waals surface area contributed by atoms with Crippen molar-refractivity contribution >= 4 is 22.3 Å². The average Bonchev–Trinajstić information content (AvgIpc) is 2.44. The molecule has 2 rings (SSSR count). The molecule has 2 aromatic rings. The third-order valence-electron chi connectivity index (χ3n) is 3.02. The molecule has 20 heavy (non-hydrogen) atoms. The van der Waals surface area contributed by atoms with Crippen molar-refractivity contribution in [2.24, 2.45) is 0 Å². The lowest BCUT2D eigenvalue weighted by atomic mass is 10.2. The SMILES string of the molecule is CCCCOCCNc1cc2nc[nH]c(=O)c2cc1N. The van der Waals surface area contributed by atoms with Crippen LogP contribution in [0.3, 0.4) is 0 Å². The first-order chi connectivity index (χ1) is 9.72. The molecule has 1 aromatic heterocycles. The Balaban J connectivity index is 2.00. The first-order valence-electron chi connectivity index (χ1n) is 6.81. The summed E-state index contributed by atoms with van der Waals surface area (Å²) in [5.41, 5.74) is 7.68. The molecular formula is C14H20N4O2. The average molecular weight is 276 g/mol. The summed E-state index contributed by atoms with van der Waals surface area (Å²) >= 11 is 0. The number of rotatable bonds is 7. The van der Waals surface area contributed by atoms with Gasteiger partial charge in [0.25, 0.3) is 5.56 Å². The van der Waals surface area contributed by atoms with E-state index in [0.29, 0.717) is 29.7 Å². The Hall–Kier alpha value is -2.08. The first kappa shape index (κ1) is 14.3. The van der Waals surface area contributed by atoms with Crippen molar-refractivity contribution in [1.82, 2.24) is 9.97 Å². The van der Waals surface area contributed by atoms with Crippen molar-refractivity contribution in [2.45, 2.75) is 19.8 Å². The van der Waals surface area contributed by atoms with E-state index in [9.17, 15) is 4.79 Å². The molecule has 0 aliphatic carbocycles. The number of nitrogens with one attached hydrogen (secondary N) is 2. The second-order valence-corrected chi connectivity index (χ2v) is 4.58. The summed E-state index contributed by atoms with van der Waals surface area (Å²) in [6.45, 7) is 4.21. The zero-order chi connectivity index (χ0) is 14.4. The van der Waals surface area contributed by atoms with Gasteiger partial charge < -0.3 is 20.8 Å². The van der Waals surface area contributed by atoms with Crippen molar-refractivity contribution in [1.29, 1.82) is 0 Å². The van der Waals surface area contributed by atoms with Crippen molar-refractivity contribution in [3.05, 3.63) is 28.8 Å². The highest BCUT2D eigenvalue weighted by atomic mass is 16.5. The van der Waals surface area contributed by atoms with Crippen LogP contribution in [0.2, 0.25) is 0 Å². The Morgan fingerprint density at radius 3 is 3.05 bits per heavy atom. The van der Waals surface area contributed by atoms with Gasteiger partial charge in [-0.05, 0) is 18.6 Å². The van der Waals surface area contributed by atoms with Gasteiger partial charge in [-0.3, -0.25) is 4.79 Å². The normalized spacial score (nSPS) is 10.8. The van der Waals surface area contributed by atoms with Crippen LogP contribution in [0.15, 0.2) is 23.3 Å². The second-order valence-electron chi connectivity index (χ2n) is 4.58. The van der Waals surface area contributed by atoms with Crippen LogP contribution in [0.25, 0.3) is 10.9 Å². The largest absolute Gasteiger partial charge is 0.397 e. The lowest BCUT2D eigenvalue weighted by Gasteiger charge is -2.10. The summed E-state index contributed by atoms with van der Waals surface area (Å²) < 4.78 is 5.47. The molecule has 1 aromatic carbocycles. The zero-order valence-corrected chi connectivity index (χ0v) is 11.6. The van der Waals surface area contributed by atoms with Crippen molar-refractivity contribution in [3.8, 4) is 0 Å². The Labute approximate surface area is 117 Å². The number of aromatic nitrogens is 2. The van der Waals surface area contributed by atoms with Gasteiger partial charge in [-0.1, -0.05) is 13.3 Å². The minimum atomic E-state index is -0.184. The number of anilines is 2. The molecule has 6 nitrogen and oxygen atoms in total. The van der Waals surface area contributed by atoms with E-state index >= 15 is 0 Å². The van der Waals surface area contributed by atoms with Crippen LogP contribution in [-0.4, -0.2) is 29.7 Å². The number of fused-ring (bicyclic) bond motifs is 1. The Morgan fingerprint density at radius 1 is 1.40 bits per heavy atom. The monoisotopic (exact) mass is 276 g/mol. The van der Waals surface area contributed by atoms with E-state index in [0.717, 1.165) is 25.1 Å². The van der Waals surface area contributed by atoms with Crippen LogP contribution in [0.1, 0.15) is 19.8 Å². The molecule has 0 aliphatic heterocycles. The maximum Gasteiger partial charge on any atom is 0.258 e. The smallest absolute Gasteiger partial charge is 0.258 e. The molecule has 0 saturated carbocycles. The molecule has 0 unspecified atom stereocenters. The van der Waals surface area contributed by atoms with Crippen LogP contribution in [-0.2, 0) is 4.74 Å². The quantitative estimate of drug-likeness (QED) is 0.529. The van der Waals surface area contributed by atoms with Gasteiger partial charge in [0, 0.05) is 13.2 Å².